The summed E-state index contributed by atoms with van der Waals surface area (Å²) < 4.78 is 0. The van der Waals surface area contributed by atoms with Crippen molar-refractivity contribution in [1.82, 2.24) is 15.2 Å². The molecular formula is C11H16Cl3N3O. The minimum atomic E-state index is -0.0126. The number of piperazine rings is 1. The Morgan fingerprint density at radius 2 is 2.28 bits per heavy atom. The van der Waals surface area contributed by atoms with E-state index in [2.05, 4.69) is 10.3 Å². The van der Waals surface area contributed by atoms with Crippen LogP contribution in [-0.2, 0) is 0 Å². The van der Waals surface area contributed by atoms with Gasteiger partial charge in [0.25, 0.3) is 5.91 Å². The summed E-state index contributed by atoms with van der Waals surface area (Å²) >= 11 is 5.96. The lowest BCUT2D eigenvalue weighted by Crippen LogP contribution is -2.52. The fourth-order valence-corrected chi connectivity index (χ4v) is 2.05. The molecule has 7 heteroatoms. The van der Waals surface area contributed by atoms with Gasteiger partial charge in [-0.3, -0.25) is 9.78 Å². The minimum absolute atomic E-state index is 0. The zero-order valence-electron chi connectivity index (χ0n) is 9.93. The van der Waals surface area contributed by atoms with Crippen molar-refractivity contribution in [3.8, 4) is 0 Å². The number of carbonyl (C=O) groups is 1. The van der Waals surface area contributed by atoms with Crippen LogP contribution in [0.25, 0.3) is 0 Å². The lowest BCUT2D eigenvalue weighted by molar-refractivity contribution is 0.0656. The van der Waals surface area contributed by atoms with E-state index in [0.29, 0.717) is 10.6 Å². The first kappa shape index (κ1) is 17.4. The van der Waals surface area contributed by atoms with E-state index in [4.69, 9.17) is 11.6 Å². The molecule has 1 amide bonds. The van der Waals surface area contributed by atoms with Crippen LogP contribution < -0.4 is 5.32 Å². The second kappa shape index (κ2) is 7.79. The molecule has 1 unspecified atom stereocenters. The lowest BCUT2D eigenvalue weighted by atomic mass is 10.1. The molecule has 1 aliphatic heterocycles. The van der Waals surface area contributed by atoms with E-state index < -0.39 is 0 Å². The van der Waals surface area contributed by atoms with Crippen molar-refractivity contribution in [2.45, 2.75) is 13.0 Å². The van der Waals surface area contributed by atoms with Crippen molar-refractivity contribution < 1.29 is 4.79 Å². The Hall–Kier alpha value is -0.550. The highest BCUT2D eigenvalue weighted by molar-refractivity contribution is 6.33. The van der Waals surface area contributed by atoms with Crippen molar-refractivity contribution in [2.75, 3.05) is 19.6 Å². The first-order valence-corrected chi connectivity index (χ1v) is 5.69. The average Bonchev–Trinajstić information content (AvgIpc) is 2.29. The maximum absolute atomic E-state index is 12.2. The Balaban J connectivity index is 0.00000144. The summed E-state index contributed by atoms with van der Waals surface area (Å²) in [6.45, 7) is 4.41. The molecule has 1 fully saturated rings. The standard InChI is InChI=1S/C11H14ClN3O.2ClH/c1-8-6-14-4-5-15(8)11(16)9-2-3-13-7-10(9)12;;/h2-3,7-8,14H,4-6H2,1H3;2*1H. The van der Waals surface area contributed by atoms with Gasteiger partial charge >= 0.3 is 0 Å². The van der Waals surface area contributed by atoms with E-state index in [0.717, 1.165) is 19.6 Å². The SMILES string of the molecule is CC1CNCCN1C(=O)c1ccncc1Cl.Cl.Cl. The summed E-state index contributed by atoms with van der Waals surface area (Å²) in [6, 6.07) is 1.87. The number of halogens is 3. The van der Waals surface area contributed by atoms with Gasteiger partial charge in [-0.15, -0.1) is 24.8 Å². The molecule has 18 heavy (non-hydrogen) atoms. The maximum Gasteiger partial charge on any atom is 0.255 e. The third kappa shape index (κ3) is 3.72. The van der Waals surface area contributed by atoms with Gasteiger partial charge in [-0.25, -0.2) is 0 Å². The average molecular weight is 313 g/mol. The van der Waals surface area contributed by atoms with E-state index in [1.807, 2.05) is 11.8 Å². The third-order valence-corrected chi connectivity index (χ3v) is 3.07. The van der Waals surface area contributed by atoms with Crippen molar-refractivity contribution in [2.24, 2.45) is 0 Å². The number of nitrogens with zero attached hydrogens (tertiary/aromatic N) is 2. The molecule has 4 nitrogen and oxygen atoms in total. The molecule has 1 N–H and O–H groups in total. The van der Waals surface area contributed by atoms with Crippen LogP contribution in [0.5, 0.6) is 0 Å². The number of amides is 1. The van der Waals surface area contributed by atoms with Gasteiger partial charge in [0.05, 0.1) is 10.6 Å². The first-order valence-electron chi connectivity index (χ1n) is 5.31. The van der Waals surface area contributed by atoms with E-state index in [1.54, 1.807) is 12.3 Å². The van der Waals surface area contributed by atoms with Gasteiger partial charge in [0.1, 0.15) is 0 Å². The van der Waals surface area contributed by atoms with E-state index in [-0.39, 0.29) is 36.8 Å². The molecule has 0 radical (unpaired) electrons. The summed E-state index contributed by atoms with van der Waals surface area (Å²) in [7, 11) is 0. The summed E-state index contributed by atoms with van der Waals surface area (Å²) in [6.07, 6.45) is 3.09. The van der Waals surface area contributed by atoms with Gasteiger partial charge in [0, 0.05) is 38.1 Å². The fourth-order valence-electron chi connectivity index (χ4n) is 1.85. The van der Waals surface area contributed by atoms with Gasteiger partial charge in [-0.2, -0.15) is 0 Å². The molecule has 0 spiro atoms. The highest BCUT2D eigenvalue weighted by Gasteiger charge is 2.25. The Labute approximate surface area is 124 Å². The Bertz CT molecular complexity index is 403. The highest BCUT2D eigenvalue weighted by Crippen LogP contribution is 2.17. The van der Waals surface area contributed by atoms with Crippen LogP contribution in [0.2, 0.25) is 5.02 Å². The number of aromatic nitrogens is 1. The van der Waals surface area contributed by atoms with Crippen LogP contribution >= 0.6 is 36.4 Å². The molecular weight excluding hydrogens is 296 g/mol. The summed E-state index contributed by atoms with van der Waals surface area (Å²) in [5.74, 6) is -0.0126. The normalized spacial score (nSPS) is 18.6. The van der Waals surface area contributed by atoms with Gasteiger partial charge in [0.15, 0.2) is 0 Å². The molecule has 0 aliphatic carbocycles. The van der Waals surface area contributed by atoms with Crippen molar-refractivity contribution >= 4 is 42.3 Å². The zero-order chi connectivity index (χ0) is 11.5. The highest BCUT2D eigenvalue weighted by atomic mass is 35.5. The number of nitrogens with one attached hydrogen (secondary N) is 1. The van der Waals surface area contributed by atoms with E-state index in [9.17, 15) is 4.79 Å². The van der Waals surface area contributed by atoms with Crippen molar-refractivity contribution in [3.05, 3.63) is 29.0 Å². The smallest absolute Gasteiger partial charge is 0.255 e. The summed E-state index contributed by atoms with van der Waals surface area (Å²) in [5, 5.41) is 3.66. The molecule has 0 bridgehead atoms. The second-order valence-electron chi connectivity index (χ2n) is 3.91. The lowest BCUT2D eigenvalue weighted by Gasteiger charge is -2.34. The van der Waals surface area contributed by atoms with E-state index in [1.165, 1.54) is 6.20 Å². The van der Waals surface area contributed by atoms with Crippen LogP contribution in [0.3, 0.4) is 0 Å². The van der Waals surface area contributed by atoms with Crippen molar-refractivity contribution in [1.29, 1.82) is 0 Å². The van der Waals surface area contributed by atoms with Gasteiger partial charge < -0.3 is 10.2 Å². The largest absolute Gasteiger partial charge is 0.333 e. The zero-order valence-corrected chi connectivity index (χ0v) is 12.3. The molecule has 2 heterocycles. The second-order valence-corrected chi connectivity index (χ2v) is 4.31. The molecule has 2 rings (SSSR count). The minimum Gasteiger partial charge on any atom is -0.333 e. The molecule has 1 aliphatic rings. The Kier molecular flexibility index (Phi) is 7.55. The molecule has 1 aromatic rings. The quantitative estimate of drug-likeness (QED) is 0.863. The van der Waals surface area contributed by atoms with Crippen molar-refractivity contribution in [3.63, 3.8) is 0 Å². The molecule has 102 valence electrons. The fraction of sp³-hybridized carbons (Fsp3) is 0.455. The Morgan fingerprint density at radius 1 is 1.56 bits per heavy atom. The van der Waals surface area contributed by atoms with E-state index >= 15 is 0 Å². The van der Waals surface area contributed by atoms with Crippen LogP contribution in [-0.4, -0.2) is 41.5 Å². The molecule has 1 aromatic heterocycles. The van der Waals surface area contributed by atoms with Gasteiger partial charge in [-0.05, 0) is 13.0 Å². The number of rotatable bonds is 1. The van der Waals surface area contributed by atoms with Gasteiger partial charge in [-0.1, -0.05) is 11.6 Å². The molecule has 0 aromatic carbocycles. The monoisotopic (exact) mass is 311 g/mol. The summed E-state index contributed by atoms with van der Waals surface area (Å²) in [4.78, 5) is 17.9. The maximum atomic E-state index is 12.2. The topological polar surface area (TPSA) is 45.2 Å². The number of hydrogen-bond donors (Lipinski definition) is 1. The number of hydrogen-bond acceptors (Lipinski definition) is 3. The molecule has 0 saturated carbocycles. The van der Waals surface area contributed by atoms with Gasteiger partial charge in [0.2, 0.25) is 0 Å². The number of carbonyl (C=O) groups excluding carboxylic acids is 1. The predicted molar refractivity (Wildman–Crippen MR) is 77.1 cm³/mol. The van der Waals surface area contributed by atoms with Crippen LogP contribution in [0.1, 0.15) is 17.3 Å². The Morgan fingerprint density at radius 3 is 2.89 bits per heavy atom. The molecule has 1 atom stereocenters. The van der Waals surface area contributed by atoms with Crippen LogP contribution in [0, 0.1) is 0 Å². The summed E-state index contributed by atoms with van der Waals surface area (Å²) in [5.41, 5.74) is 0.533. The first-order chi connectivity index (χ1) is 7.70. The van der Waals surface area contributed by atoms with Crippen LogP contribution in [0.15, 0.2) is 18.5 Å². The van der Waals surface area contributed by atoms with Crippen LogP contribution in [0.4, 0.5) is 0 Å². The number of pyridine rings is 1. The predicted octanol–water partition coefficient (Wildman–Crippen LogP) is 2.01. The molecule has 1 saturated heterocycles. The third-order valence-electron chi connectivity index (χ3n) is 2.77.